The van der Waals surface area contributed by atoms with Crippen molar-refractivity contribution in [1.82, 2.24) is 10.2 Å². The van der Waals surface area contributed by atoms with Crippen LogP contribution in [0, 0.1) is 0 Å². The summed E-state index contributed by atoms with van der Waals surface area (Å²) in [6, 6.07) is 6.58. The van der Waals surface area contributed by atoms with E-state index in [2.05, 4.69) is 5.32 Å². The zero-order chi connectivity index (χ0) is 15.0. The zero-order valence-electron chi connectivity index (χ0n) is 12.0. The normalized spacial score (nSPS) is 10.2. The van der Waals surface area contributed by atoms with Crippen LogP contribution in [-0.2, 0) is 4.79 Å². The molecule has 1 rings (SSSR count). The minimum absolute atomic E-state index is 0.0292. The van der Waals surface area contributed by atoms with Gasteiger partial charge in [0, 0.05) is 23.7 Å². The van der Waals surface area contributed by atoms with Gasteiger partial charge in [-0.15, -0.1) is 0 Å². The van der Waals surface area contributed by atoms with Gasteiger partial charge in [-0.05, 0) is 37.1 Å². The second-order valence-electron chi connectivity index (χ2n) is 4.57. The third-order valence-electron chi connectivity index (χ3n) is 2.85. The molecule has 2 amide bonds. The van der Waals surface area contributed by atoms with Crippen LogP contribution >= 0.6 is 11.6 Å². The van der Waals surface area contributed by atoms with E-state index < -0.39 is 0 Å². The maximum Gasteiger partial charge on any atom is 0.251 e. The number of nitrogens with zero attached hydrogens (tertiary/aromatic N) is 1. The second-order valence-corrected chi connectivity index (χ2v) is 5.01. The molecule has 0 radical (unpaired) electrons. The molecule has 0 saturated heterocycles. The maximum absolute atomic E-state index is 12.0. The average molecular weight is 297 g/mol. The van der Waals surface area contributed by atoms with Crippen molar-refractivity contribution >= 4 is 23.4 Å². The topological polar surface area (TPSA) is 49.4 Å². The lowest BCUT2D eigenvalue weighted by Gasteiger charge is -2.21. The summed E-state index contributed by atoms with van der Waals surface area (Å²) in [6.45, 7) is 5.54. The highest BCUT2D eigenvalue weighted by atomic mass is 35.5. The van der Waals surface area contributed by atoms with Crippen LogP contribution in [0.1, 0.15) is 37.0 Å². The van der Waals surface area contributed by atoms with Crippen LogP contribution in [0.5, 0.6) is 0 Å². The molecule has 20 heavy (non-hydrogen) atoms. The van der Waals surface area contributed by atoms with E-state index in [9.17, 15) is 9.59 Å². The van der Waals surface area contributed by atoms with E-state index in [1.807, 2.05) is 13.8 Å². The fourth-order valence-corrected chi connectivity index (χ4v) is 2.00. The number of halogens is 1. The predicted octanol–water partition coefficient (Wildman–Crippen LogP) is 2.72. The van der Waals surface area contributed by atoms with Gasteiger partial charge in [0.25, 0.3) is 5.91 Å². The minimum Gasteiger partial charge on any atom is -0.343 e. The molecule has 0 aliphatic heterocycles. The van der Waals surface area contributed by atoms with Gasteiger partial charge in [0.1, 0.15) is 0 Å². The third-order valence-corrected chi connectivity index (χ3v) is 3.10. The van der Waals surface area contributed by atoms with Crippen LogP contribution in [0.2, 0.25) is 5.02 Å². The number of hydrogen-bond donors (Lipinski definition) is 1. The molecular formula is C15H21ClN2O2. The first kappa shape index (κ1) is 16.5. The van der Waals surface area contributed by atoms with Gasteiger partial charge in [-0.3, -0.25) is 9.59 Å². The molecule has 1 aromatic carbocycles. The number of benzene rings is 1. The van der Waals surface area contributed by atoms with Gasteiger partial charge in [-0.25, -0.2) is 0 Å². The van der Waals surface area contributed by atoms with Gasteiger partial charge in [0.15, 0.2) is 0 Å². The van der Waals surface area contributed by atoms with Crippen molar-refractivity contribution in [3.8, 4) is 0 Å². The van der Waals surface area contributed by atoms with E-state index in [1.165, 1.54) is 0 Å². The Morgan fingerprint density at radius 3 is 2.15 bits per heavy atom. The summed E-state index contributed by atoms with van der Waals surface area (Å²) in [5.41, 5.74) is 0.500. The first-order valence-corrected chi connectivity index (χ1v) is 7.27. The summed E-state index contributed by atoms with van der Waals surface area (Å²) in [5, 5.41) is 3.22. The molecule has 0 aliphatic rings. The van der Waals surface area contributed by atoms with E-state index in [-0.39, 0.29) is 18.4 Å². The predicted molar refractivity (Wildman–Crippen MR) is 80.9 cm³/mol. The summed E-state index contributed by atoms with van der Waals surface area (Å²) in [4.78, 5) is 25.7. The lowest BCUT2D eigenvalue weighted by atomic mass is 10.2. The third kappa shape index (κ3) is 5.21. The van der Waals surface area contributed by atoms with Gasteiger partial charge in [-0.1, -0.05) is 25.4 Å². The molecule has 0 aromatic heterocycles. The van der Waals surface area contributed by atoms with Crippen molar-refractivity contribution in [2.24, 2.45) is 0 Å². The van der Waals surface area contributed by atoms with Crippen LogP contribution in [0.4, 0.5) is 0 Å². The molecule has 5 heteroatoms. The van der Waals surface area contributed by atoms with Gasteiger partial charge in [0.2, 0.25) is 5.91 Å². The molecule has 0 fully saturated rings. The number of amides is 2. The highest BCUT2D eigenvalue weighted by molar-refractivity contribution is 6.30. The molecule has 0 unspecified atom stereocenters. The quantitative estimate of drug-likeness (QED) is 0.841. The second kappa shape index (κ2) is 8.59. The fourth-order valence-electron chi connectivity index (χ4n) is 1.87. The molecule has 0 heterocycles. The highest BCUT2D eigenvalue weighted by Crippen LogP contribution is 2.09. The number of carbonyl (C=O) groups is 2. The fraction of sp³-hybridized carbons (Fsp3) is 0.467. The summed E-state index contributed by atoms with van der Waals surface area (Å²) in [7, 11) is 0. The lowest BCUT2D eigenvalue weighted by molar-refractivity contribution is -0.130. The zero-order valence-corrected chi connectivity index (χ0v) is 12.7. The van der Waals surface area contributed by atoms with Crippen molar-refractivity contribution in [1.29, 1.82) is 0 Å². The Morgan fingerprint density at radius 2 is 1.65 bits per heavy atom. The SMILES string of the molecule is CCCN(CCC)C(=O)CNC(=O)c1ccc(Cl)cc1. The Bertz CT molecular complexity index is 440. The number of hydrogen-bond acceptors (Lipinski definition) is 2. The molecule has 110 valence electrons. The summed E-state index contributed by atoms with van der Waals surface area (Å²) < 4.78 is 0. The Morgan fingerprint density at radius 1 is 1.10 bits per heavy atom. The van der Waals surface area contributed by atoms with E-state index >= 15 is 0 Å². The first-order valence-electron chi connectivity index (χ1n) is 6.90. The average Bonchev–Trinajstić information content (AvgIpc) is 2.45. The van der Waals surface area contributed by atoms with Crippen LogP contribution in [0.3, 0.4) is 0 Å². The van der Waals surface area contributed by atoms with E-state index in [0.29, 0.717) is 10.6 Å². The number of carbonyl (C=O) groups excluding carboxylic acids is 2. The highest BCUT2D eigenvalue weighted by Gasteiger charge is 2.13. The van der Waals surface area contributed by atoms with Gasteiger partial charge < -0.3 is 10.2 Å². The van der Waals surface area contributed by atoms with Crippen molar-refractivity contribution in [3.05, 3.63) is 34.9 Å². The van der Waals surface area contributed by atoms with E-state index in [0.717, 1.165) is 25.9 Å². The van der Waals surface area contributed by atoms with Gasteiger partial charge >= 0.3 is 0 Å². The van der Waals surface area contributed by atoms with Crippen LogP contribution in [-0.4, -0.2) is 36.3 Å². The number of rotatable bonds is 7. The molecule has 0 saturated carbocycles. The minimum atomic E-state index is -0.261. The largest absolute Gasteiger partial charge is 0.343 e. The Balaban J connectivity index is 2.50. The van der Waals surface area contributed by atoms with E-state index in [4.69, 9.17) is 11.6 Å². The monoisotopic (exact) mass is 296 g/mol. The first-order chi connectivity index (χ1) is 9.58. The van der Waals surface area contributed by atoms with E-state index in [1.54, 1.807) is 29.2 Å². The molecular weight excluding hydrogens is 276 g/mol. The van der Waals surface area contributed by atoms with Crippen LogP contribution in [0.25, 0.3) is 0 Å². The molecule has 0 aliphatic carbocycles. The molecule has 1 N–H and O–H groups in total. The molecule has 0 spiro atoms. The van der Waals surface area contributed by atoms with Crippen LogP contribution in [0.15, 0.2) is 24.3 Å². The molecule has 4 nitrogen and oxygen atoms in total. The maximum atomic E-state index is 12.0. The lowest BCUT2D eigenvalue weighted by Crippen LogP contribution is -2.40. The van der Waals surface area contributed by atoms with Crippen LogP contribution < -0.4 is 5.32 Å². The Hall–Kier alpha value is -1.55. The van der Waals surface area contributed by atoms with Crippen molar-refractivity contribution in [2.45, 2.75) is 26.7 Å². The van der Waals surface area contributed by atoms with Gasteiger partial charge in [-0.2, -0.15) is 0 Å². The molecule has 1 aromatic rings. The molecule has 0 bridgehead atoms. The van der Waals surface area contributed by atoms with Gasteiger partial charge in [0.05, 0.1) is 6.54 Å². The Labute approximate surface area is 125 Å². The Kier molecular flexibility index (Phi) is 7.09. The number of nitrogens with one attached hydrogen (secondary N) is 1. The standard InChI is InChI=1S/C15H21ClN2O2/c1-3-9-18(10-4-2)14(19)11-17-15(20)12-5-7-13(16)8-6-12/h5-8H,3-4,9-11H2,1-2H3,(H,17,20). The summed E-state index contributed by atoms with van der Waals surface area (Å²) in [5.74, 6) is -0.307. The van der Waals surface area contributed by atoms with Crippen molar-refractivity contribution in [2.75, 3.05) is 19.6 Å². The summed E-state index contributed by atoms with van der Waals surface area (Å²) >= 11 is 5.76. The molecule has 0 atom stereocenters. The van der Waals surface area contributed by atoms with Crippen molar-refractivity contribution < 1.29 is 9.59 Å². The smallest absolute Gasteiger partial charge is 0.251 e. The summed E-state index contributed by atoms with van der Waals surface area (Å²) in [6.07, 6.45) is 1.83. The van der Waals surface area contributed by atoms with Crippen molar-refractivity contribution in [3.63, 3.8) is 0 Å².